The number of nitrogens with zero attached hydrogens (tertiary/aromatic N) is 3. The molecular weight excluding hydrogens is 237 g/mol. The van der Waals surface area contributed by atoms with E-state index in [9.17, 15) is 4.39 Å². The van der Waals surface area contributed by atoms with Crippen LogP contribution in [0, 0.1) is 17.1 Å². The number of halogens is 1. The summed E-state index contributed by atoms with van der Waals surface area (Å²) in [5.74, 6) is 0.404. The number of methoxy groups -OCH3 is 1. The third kappa shape index (κ3) is 2.46. The molecule has 0 N–H and O–H groups in total. The van der Waals surface area contributed by atoms with Crippen LogP contribution in [0.4, 0.5) is 4.39 Å². The number of hydrogen-bond donors (Lipinski definition) is 0. The van der Waals surface area contributed by atoms with Gasteiger partial charge in [-0.15, -0.1) is 0 Å². The van der Waals surface area contributed by atoms with Crippen LogP contribution < -0.4 is 4.74 Å². The van der Waals surface area contributed by atoms with E-state index in [1.165, 1.54) is 25.3 Å². The number of hydrogen-bond acceptors (Lipinski definition) is 5. The highest BCUT2D eigenvalue weighted by molar-refractivity contribution is 5.57. The molecular formula is C12H10FN3O2. The van der Waals surface area contributed by atoms with Gasteiger partial charge in [0.2, 0.25) is 11.7 Å². The number of benzene rings is 1. The zero-order valence-corrected chi connectivity index (χ0v) is 9.68. The maximum atomic E-state index is 13.2. The maximum Gasteiger partial charge on any atom is 0.227 e. The van der Waals surface area contributed by atoms with E-state index >= 15 is 0 Å². The van der Waals surface area contributed by atoms with Crippen molar-refractivity contribution in [2.75, 3.05) is 7.11 Å². The van der Waals surface area contributed by atoms with Gasteiger partial charge in [-0.05, 0) is 18.2 Å². The smallest absolute Gasteiger partial charge is 0.227 e. The Morgan fingerprint density at radius 3 is 3.06 bits per heavy atom. The van der Waals surface area contributed by atoms with Crippen LogP contribution in [0.15, 0.2) is 22.7 Å². The topological polar surface area (TPSA) is 71.9 Å². The number of nitriles is 1. The molecule has 1 aromatic heterocycles. The van der Waals surface area contributed by atoms with Crippen molar-refractivity contribution in [2.24, 2.45) is 0 Å². The van der Waals surface area contributed by atoms with Crippen LogP contribution >= 0.6 is 0 Å². The molecule has 5 nitrogen and oxygen atoms in total. The highest BCUT2D eigenvalue weighted by atomic mass is 19.1. The molecule has 0 bridgehead atoms. The Bertz CT molecular complexity index is 589. The van der Waals surface area contributed by atoms with Crippen LogP contribution in [0.3, 0.4) is 0 Å². The van der Waals surface area contributed by atoms with Gasteiger partial charge in [0.1, 0.15) is 0 Å². The van der Waals surface area contributed by atoms with Gasteiger partial charge < -0.3 is 9.26 Å². The standard InChI is InChI=1S/C12H10FN3O2/c1-17-10-7-8(4-5-9(10)13)12-15-11(18-16-12)3-2-6-14/h4-5,7H,2-3H2,1H3. The van der Waals surface area contributed by atoms with Crippen LogP contribution in [-0.2, 0) is 6.42 Å². The van der Waals surface area contributed by atoms with Crippen LogP contribution in [-0.4, -0.2) is 17.3 Å². The summed E-state index contributed by atoms with van der Waals surface area (Å²) in [4.78, 5) is 4.12. The number of rotatable bonds is 4. The van der Waals surface area contributed by atoms with Gasteiger partial charge in [0.25, 0.3) is 0 Å². The molecule has 18 heavy (non-hydrogen) atoms. The lowest BCUT2D eigenvalue weighted by molar-refractivity contribution is 0.379. The summed E-state index contributed by atoms with van der Waals surface area (Å²) in [6, 6.07) is 6.30. The lowest BCUT2D eigenvalue weighted by Crippen LogP contribution is -1.90. The fourth-order valence-corrected chi connectivity index (χ4v) is 1.44. The molecule has 0 aliphatic heterocycles. The Kier molecular flexibility index (Phi) is 3.53. The Labute approximate surface area is 103 Å². The minimum absolute atomic E-state index is 0.121. The normalized spacial score (nSPS) is 10.1. The molecule has 6 heteroatoms. The monoisotopic (exact) mass is 247 g/mol. The summed E-state index contributed by atoms with van der Waals surface area (Å²) >= 11 is 0. The second kappa shape index (κ2) is 5.27. The minimum atomic E-state index is -0.450. The van der Waals surface area contributed by atoms with Crippen LogP contribution in [0.5, 0.6) is 5.75 Å². The van der Waals surface area contributed by atoms with Gasteiger partial charge in [0, 0.05) is 18.4 Å². The molecule has 0 fully saturated rings. The molecule has 2 rings (SSSR count). The third-order valence-electron chi connectivity index (χ3n) is 2.33. The van der Waals surface area contributed by atoms with E-state index in [1.54, 1.807) is 0 Å². The minimum Gasteiger partial charge on any atom is -0.494 e. The summed E-state index contributed by atoms with van der Waals surface area (Å²) in [6.07, 6.45) is 0.718. The van der Waals surface area contributed by atoms with Crippen molar-refractivity contribution >= 4 is 0 Å². The van der Waals surface area contributed by atoms with Gasteiger partial charge in [-0.25, -0.2) is 4.39 Å². The predicted octanol–water partition coefficient (Wildman–Crippen LogP) is 2.34. The summed E-state index contributed by atoms with van der Waals surface area (Å²) < 4.78 is 23.1. The molecule has 2 aromatic rings. The first-order valence-electron chi connectivity index (χ1n) is 5.28. The van der Waals surface area contributed by atoms with E-state index in [-0.39, 0.29) is 5.75 Å². The zero-order chi connectivity index (χ0) is 13.0. The molecule has 0 aliphatic carbocycles. The molecule has 1 aromatic carbocycles. The fourth-order valence-electron chi connectivity index (χ4n) is 1.44. The summed E-state index contributed by atoms with van der Waals surface area (Å²) in [7, 11) is 1.39. The first kappa shape index (κ1) is 12.0. The second-order valence-electron chi connectivity index (χ2n) is 3.52. The molecule has 0 saturated carbocycles. The van der Waals surface area contributed by atoms with Crippen LogP contribution in [0.1, 0.15) is 12.3 Å². The van der Waals surface area contributed by atoms with Crippen LogP contribution in [0.25, 0.3) is 11.4 Å². The lowest BCUT2D eigenvalue weighted by atomic mass is 10.2. The molecule has 92 valence electrons. The van der Waals surface area contributed by atoms with Gasteiger partial charge >= 0.3 is 0 Å². The SMILES string of the molecule is COc1cc(-c2noc(CCC#N)n2)ccc1F. The van der Waals surface area contributed by atoms with Crippen LogP contribution in [0.2, 0.25) is 0 Å². The van der Waals surface area contributed by atoms with Gasteiger partial charge in [-0.1, -0.05) is 5.16 Å². The molecule has 1 heterocycles. The van der Waals surface area contributed by atoms with E-state index in [1.807, 2.05) is 6.07 Å². The Morgan fingerprint density at radius 2 is 2.33 bits per heavy atom. The molecule has 0 unspecified atom stereocenters. The van der Waals surface area contributed by atoms with Crippen molar-refractivity contribution < 1.29 is 13.7 Å². The first-order chi connectivity index (χ1) is 8.74. The van der Waals surface area contributed by atoms with Gasteiger partial charge in [0.05, 0.1) is 13.2 Å². The average molecular weight is 247 g/mol. The number of aryl methyl sites for hydroxylation is 1. The molecule has 0 radical (unpaired) electrons. The second-order valence-corrected chi connectivity index (χ2v) is 3.52. The quantitative estimate of drug-likeness (QED) is 0.829. The van der Waals surface area contributed by atoms with Crippen molar-refractivity contribution in [3.8, 4) is 23.2 Å². The van der Waals surface area contributed by atoms with Crippen molar-refractivity contribution in [2.45, 2.75) is 12.8 Å². The third-order valence-corrected chi connectivity index (χ3v) is 2.33. The highest BCUT2D eigenvalue weighted by Crippen LogP contribution is 2.24. The highest BCUT2D eigenvalue weighted by Gasteiger charge is 2.11. The summed E-state index contributed by atoms with van der Waals surface area (Å²) in [5.41, 5.74) is 0.597. The summed E-state index contributed by atoms with van der Waals surface area (Å²) in [6.45, 7) is 0. The van der Waals surface area contributed by atoms with Crippen molar-refractivity contribution in [1.29, 1.82) is 5.26 Å². The largest absolute Gasteiger partial charge is 0.494 e. The van der Waals surface area contributed by atoms with E-state index in [0.717, 1.165) is 0 Å². The van der Waals surface area contributed by atoms with Gasteiger partial charge in [-0.3, -0.25) is 0 Å². The predicted molar refractivity (Wildman–Crippen MR) is 60.2 cm³/mol. The zero-order valence-electron chi connectivity index (χ0n) is 9.68. The van der Waals surface area contributed by atoms with Crippen molar-refractivity contribution in [3.63, 3.8) is 0 Å². The average Bonchev–Trinajstić information content (AvgIpc) is 2.85. The lowest BCUT2D eigenvalue weighted by Gasteiger charge is -2.02. The van der Waals surface area contributed by atoms with E-state index in [4.69, 9.17) is 14.5 Å². The van der Waals surface area contributed by atoms with E-state index in [0.29, 0.717) is 30.1 Å². The Balaban J connectivity index is 2.26. The van der Waals surface area contributed by atoms with E-state index in [2.05, 4.69) is 10.1 Å². The van der Waals surface area contributed by atoms with E-state index < -0.39 is 5.82 Å². The molecule has 0 spiro atoms. The number of ether oxygens (including phenoxy) is 1. The Morgan fingerprint density at radius 1 is 1.50 bits per heavy atom. The fraction of sp³-hybridized carbons (Fsp3) is 0.250. The molecule has 0 atom stereocenters. The maximum absolute atomic E-state index is 13.2. The molecule has 0 amide bonds. The number of aromatic nitrogens is 2. The Hall–Kier alpha value is -2.42. The first-order valence-corrected chi connectivity index (χ1v) is 5.28. The van der Waals surface area contributed by atoms with Crippen molar-refractivity contribution in [1.82, 2.24) is 10.1 Å². The molecule has 0 aliphatic rings. The molecule has 0 saturated heterocycles. The van der Waals surface area contributed by atoms with Crippen molar-refractivity contribution in [3.05, 3.63) is 29.9 Å². The van der Waals surface area contributed by atoms with Gasteiger partial charge in [0.15, 0.2) is 11.6 Å². The summed E-state index contributed by atoms with van der Waals surface area (Å²) in [5, 5.41) is 12.2. The van der Waals surface area contributed by atoms with Gasteiger partial charge in [-0.2, -0.15) is 10.2 Å².